The van der Waals surface area contributed by atoms with Crippen LogP contribution in [0.3, 0.4) is 0 Å². The Morgan fingerprint density at radius 2 is 2.06 bits per heavy atom. The van der Waals surface area contributed by atoms with E-state index in [2.05, 4.69) is 0 Å². The molecule has 16 heavy (non-hydrogen) atoms. The fourth-order valence-corrected chi connectivity index (χ4v) is 2.61. The molecular formula is C12H21NO3. The molecular weight excluding hydrogens is 206 g/mol. The first-order chi connectivity index (χ1) is 7.37. The number of hydrogen-bond acceptors (Lipinski definition) is 3. The van der Waals surface area contributed by atoms with Gasteiger partial charge in [-0.15, -0.1) is 0 Å². The fraction of sp³-hybridized carbons (Fsp3) is 0.917. The van der Waals surface area contributed by atoms with Gasteiger partial charge in [-0.25, -0.2) is 4.79 Å². The molecule has 3 atom stereocenters. The van der Waals surface area contributed by atoms with Crippen molar-refractivity contribution in [3.05, 3.63) is 0 Å². The normalized spacial score (nSPS) is 34.0. The van der Waals surface area contributed by atoms with Crippen molar-refractivity contribution in [1.29, 1.82) is 0 Å². The Hall–Kier alpha value is -0.770. The number of aliphatic hydroxyl groups excluding tert-OH is 1. The van der Waals surface area contributed by atoms with Gasteiger partial charge in [-0.05, 0) is 46.0 Å². The standard InChI is InChI=1S/C12H21NO3/c1-12(2,3)16-11(15)13-7-8-6-9(14)4-5-10(8)13/h8-10,14H,4-7H2,1-3H3/t8-,9?,10-/m1/s1. The molecule has 1 aliphatic carbocycles. The maximum Gasteiger partial charge on any atom is 0.410 e. The second-order valence-corrected chi connectivity index (χ2v) is 5.93. The zero-order valence-electron chi connectivity index (χ0n) is 10.3. The Morgan fingerprint density at radius 1 is 1.38 bits per heavy atom. The van der Waals surface area contributed by atoms with Gasteiger partial charge in [0.2, 0.25) is 0 Å². The summed E-state index contributed by atoms with van der Waals surface area (Å²) in [5.74, 6) is 0.483. The molecule has 4 heteroatoms. The highest BCUT2D eigenvalue weighted by Gasteiger charge is 2.46. The van der Waals surface area contributed by atoms with E-state index in [1.54, 1.807) is 0 Å². The van der Waals surface area contributed by atoms with Crippen LogP contribution in [-0.4, -0.2) is 40.4 Å². The second kappa shape index (κ2) is 3.91. The Morgan fingerprint density at radius 3 is 2.62 bits per heavy atom. The minimum Gasteiger partial charge on any atom is -0.444 e. The molecule has 0 radical (unpaired) electrons. The van der Waals surface area contributed by atoms with Crippen LogP contribution >= 0.6 is 0 Å². The molecule has 2 fully saturated rings. The lowest BCUT2D eigenvalue weighted by Gasteiger charge is -2.51. The third-order valence-electron chi connectivity index (χ3n) is 3.37. The number of carbonyl (C=O) groups excluding carboxylic acids is 1. The molecule has 1 saturated carbocycles. The van der Waals surface area contributed by atoms with E-state index in [-0.39, 0.29) is 12.2 Å². The minimum absolute atomic E-state index is 0.165. The van der Waals surface area contributed by atoms with E-state index in [0.717, 1.165) is 25.8 Å². The topological polar surface area (TPSA) is 49.8 Å². The van der Waals surface area contributed by atoms with Crippen molar-refractivity contribution in [2.45, 2.75) is 57.8 Å². The van der Waals surface area contributed by atoms with Gasteiger partial charge in [-0.3, -0.25) is 0 Å². The predicted molar refractivity (Wildman–Crippen MR) is 60.1 cm³/mol. The van der Waals surface area contributed by atoms with Crippen LogP contribution < -0.4 is 0 Å². The number of hydrogen-bond donors (Lipinski definition) is 1. The van der Waals surface area contributed by atoms with Crippen molar-refractivity contribution in [2.24, 2.45) is 5.92 Å². The summed E-state index contributed by atoms with van der Waals surface area (Å²) in [6.07, 6.45) is 2.18. The molecule has 0 bridgehead atoms. The minimum atomic E-state index is -0.420. The molecule has 1 aliphatic heterocycles. The molecule has 0 spiro atoms. The van der Waals surface area contributed by atoms with Gasteiger partial charge in [0, 0.05) is 12.6 Å². The molecule has 0 aromatic heterocycles. The van der Waals surface area contributed by atoms with Gasteiger partial charge in [0.25, 0.3) is 0 Å². The third kappa shape index (κ3) is 2.32. The van der Waals surface area contributed by atoms with Crippen molar-refractivity contribution in [2.75, 3.05) is 6.54 Å². The lowest BCUT2D eigenvalue weighted by Crippen LogP contribution is -2.61. The van der Waals surface area contributed by atoms with Crippen molar-refractivity contribution in [3.8, 4) is 0 Å². The van der Waals surface area contributed by atoms with Crippen LogP contribution in [0.15, 0.2) is 0 Å². The maximum absolute atomic E-state index is 11.8. The van der Waals surface area contributed by atoms with E-state index in [1.165, 1.54) is 0 Å². The van der Waals surface area contributed by atoms with Gasteiger partial charge >= 0.3 is 6.09 Å². The summed E-state index contributed by atoms with van der Waals surface area (Å²) in [7, 11) is 0. The molecule has 4 nitrogen and oxygen atoms in total. The van der Waals surface area contributed by atoms with Crippen molar-refractivity contribution >= 4 is 6.09 Å². The Kier molecular flexibility index (Phi) is 2.86. The number of amides is 1. The van der Waals surface area contributed by atoms with Gasteiger partial charge in [0.1, 0.15) is 5.60 Å². The zero-order valence-corrected chi connectivity index (χ0v) is 10.3. The molecule has 2 rings (SSSR count). The van der Waals surface area contributed by atoms with Crippen molar-refractivity contribution < 1.29 is 14.6 Å². The summed E-state index contributed by atoms with van der Waals surface area (Å²) >= 11 is 0. The quantitative estimate of drug-likeness (QED) is 0.686. The van der Waals surface area contributed by atoms with E-state index in [9.17, 15) is 9.90 Å². The highest BCUT2D eigenvalue weighted by atomic mass is 16.6. The van der Waals surface area contributed by atoms with Crippen LogP contribution in [0.4, 0.5) is 4.79 Å². The van der Waals surface area contributed by atoms with Gasteiger partial charge in [-0.2, -0.15) is 0 Å². The first-order valence-corrected chi connectivity index (χ1v) is 6.04. The number of fused-ring (bicyclic) bond motifs is 1. The van der Waals surface area contributed by atoms with Crippen LogP contribution in [0.25, 0.3) is 0 Å². The van der Waals surface area contributed by atoms with E-state index in [4.69, 9.17) is 4.74 Å². The largest absolute Gasteiger partial charge is 0.444 e. The van der Waals surface area contributed by atoms with Crippen LogP contribution in [0.1, 0.15) is 40.0 Å². The molecule has 0 aromatic carbocycles. The van der Waals surface area contributed by atoms with Gasteiger partial charge in [0.05, 0.1) is 6.10 Å². The number of rotatable bonds is 0. The molecule has 2 aliphatic rings. The van der Waals surface area contributed by atoms with Crippen LogP contribution in [0.5, 0.6) is 0 Å². The monoisotopic (exact) mass is 227 g/mol. The maximum atomic E-state index is 11.8. The Labute approximate surface area is 96.6 Å². The smallest absolute Gasteiger partial charge is 0.410 e. The molecule has 92 valence electrons. The van der Waals surface area contributed by atoms with Gasteiger partial charge in [-0.1, -0.05) is 0 Å². The Balaban J connectivity index is 1.87. The summed E-state index contributed by atoms with van der Waals surface area (Å²) in [5, 5.41) is 9.51. The average molecular weight is 227 g/mol. The lowest BCUT2D eigenvalue weighted by atomic mass is 9.76. The van der Waals surface area contributed by atoms with Crippen LogP contribution in [-0.2, 0) is 4.74 Å². The predicted octanol–water partition coefficient (Wildman–Crippen LogP) is 1.77. The van der Waals surface area contributed by atoms with Crippen LogP contribution in [0, 0.1) is 5.92 Å². The third-order valence-corrected chi connectivity index (χ3v) is 3.37. The molecule has 0 aromatic rings. The first kappa shape index (κ1) is 11.7. The van der Waals surface area contributed by atoms with Crippen molar-refractivity contribution in [1.82, 2.24) is 4.90 Å². The first-order valence-electron chi connectivity index (χ1n) is 6.04. The number of carbonyl (C=O) groups is 1. The number of likely N-dealkylation sites (tertiary alicyclic amines) is 1. The average Bonchev–Trinajstić information content (AvgIpc) is 2.06. The summed E-state index contributed by atoms with van der Waals surface area (Å²) in [6.45, 7) is 6.39. The number of nitrogens with zero attached hydrogens (tertiary/aromatic N) is 1. The molecule has 1 heterocycles. The summed E-state index contributed by atoms with van der Waals surface area (Å²) in [6, 6.07) is 0.304. The molecule has 1 N–H and O–H groups in total. The molecule has 1 amide bonds. The second-order valence-electron chi connectivity index (χ2n) is 5.93. The highest BCUT2D eigenvalue weighted by molar-refractivity contribution is 5.69. The van der Waals surface area contributed by atoms with Gasteiger partial charge < -0.3 is 14.7 Å². The summed E-state index contributed by atoms with van der Waals surface area (Å²) < 4.78 is 5.34. The lowest BCUT2D eigenvalue weighted by molar-refractivity contribution is -0.0650. The molecule has 1 saturated heterocycles. The molecule has 1 unspecified atom stereocenters. The van der Waals surface area contributed by atoms with E-state index >= 15 is 0 Å². The van der Waals surface area contributed by atoms with Crippen LogP contribution in [0.2, 0.25) is 0 Å². The highest BCUT2D eigenvalue weighted by Crippen LogP contribution is 2.38. The van der Waals surface area contributed by atoms with E-state index in [0.29, 0.717) is 12.0 Å². The fourth-order valence-electron chi connectivity index (χ4n) is 2.61. The zero-order chi connectivity index (χ0) is 11.9. The summed E-state index contributed by atoms with van der Waals surface area (Å²) in [4.78, 5) is 13.6. The number of ether oxygens (including phenoxy) is 1. The van der Waals surface area contributed by atoms with E-state index in [1.807, 2.05) is 25.7 Å². The van der Waals surface area contributed by atoms with Crippen molar-refractivity contribution in [3.63, 3.8) is 0 Å². The van der Waals surface area contributed by atoms with Gasteiger partial charge in [0.15, 0.2) is 0 Å². The van der Waals surface area contributed by atoms with E-state index < -0.39 is 5.60 Å². The Bertz CT molecular complexity index is 284. The number of aliphatic hydroxyl groups is 1. The SMILES string of the molecule is CC(C)(C)OC(=O)N1C[C@H]2CC(O)CC[C@H]21. The summed E-state index contributed by atoms with van der Waals surface area (Å²) in [5.41, 5.74) is -0.420.